The third kappa shape index (κ3) is 5.16. The molecule has 0 radical (unpaired) electrons. The maximum absolute atomic E-state index is 6.17. The predicted octanol–water partition coefficient (Wildman–Crippen LogP) is 5.44. The topological polar surface area (TPSA) is 9.23 Å². The second-order valence-corrected chi connectivity index (χ2v) is 10.5. The van der Waals surface area contributed by atoms with Gasteiger partial charge < -0.3 is 4.74 Å². The van der Waals surface area contributed by atoms with Gasteiger partial charge in [0.15, 0.2) is 0 Å². The smallest absolute Gasteiger partial charge is 0.127 e. The summed E-state index contributed by atoms with van der Waals surface area (Å²) >= 11 is 0. The van der Waals surface area contributed by atoms with E-state index in [0.29, 0.717) is 15.2 Å². The van der Waals surface area contributed by atoms with E-state index in [2.05, 4.69) is 87.0 Å². The van der Waals surface area contributed by atoms with E-state index in [-0.39, 0.29) is 7.92 Å². The minimum absolute atomic E-state index is 0.0486. The fourth-order valence-electron chi connectivity index (χ4n) is 2.95. The lowest BCUT2D eigenvalue weighted by Crippen LogP contribution is -2.14. The van der Waals surface area contributed by atoms with Crippen molar-refractivity contribution >= 4 is 27.1 Å². The summed E-state index contributed by atoms with van der Waals surface area (Å²) in [7, 11) is 0.674. The Morgan fingerprint density at radius 3 is 2.35 bits per heavy atom. The highest BCUT2D eigenvalue weighted by molar-refractivity contribution is 7.57. The van der Waals surface area contributed by atoms with Crippen LogP contribution in [0.1, 0.15) is 16.7 Å². The molecule has 0 bridgehead atoms. The van der Waals surface area contributed by atoms with Gasteiger partial charge in [0.25, 0.3) is 0 Å². The van der Waals surface area contributed by atoms with Gasteiger partial charge in [0, 0.05) is 5.30 Å². The van der Waals surface area contributed by atoms with E-state index >= 15 is 0 Å². The molecule has 0 aliphatic carbocycles. The fourth-order valence-corrected chi connectivity index (χ4v) is 5.38. The van der Waals surface area contributed by atoms with Crippen LogP contribution in [-0.4, -0.2) is 13.3 Å². The Labute approximate surface area is 160 Å². The Hall–Kier alpha value is -1.68. The van der Waals surface area contributed by atoms with Crippen LogP contribution in [0.2, 0.25) is 0 Å². The lowest BCUT2D eigenvalue weighted by molar-refractivity contribution is 0.309. The summed E-state index contributed by atoms with van der Waals surface area (Å²) in [6.07, 6.45) is 1.19. The largest absolute Gasteiger partial charge is 0.488 e. The highest BCUT2D eigenvalue weighted by Crippen LogP contribution is 2.32. The highest BCUT2D eigenvalue weighted by Gasteiger charge is 2.11. The summed E-state index contributed by atoms with van der Waals surface area (Å²) in [4.78, 5) is 0. The first kappa shape index (κ1) is 19.1. The second kappa shape index (κ2) is 9.31. The molecule has 0 spiro atoms. The maximum Gasteiger partial charge on any atom is 0.127 e. The normalized spacial score (nSPS) is 11.4. The highest BCUT2D eigenvalue weighted by atomic mass is 31.1. The fraction of sp³-hybridized carbons (Fsp3) is 0.217. The molecule has 0 N–H and O–H groups in total. The number of rotatable bonds is 7. The summed E-state index contributed by atoms with van der Waals surface area (Å²) in [5.41, 5.74) is 4.08. The summed E-state index contributed by atoms with van der Waals surface area (Å²) in [6, 6.07) is 25.5. The minimum atomic E-state index is 0.0486. The number of para-hydroxylation sites is 1. The first-order valence-electron chi connectivity index (χ1n) is 8.89. The molecule has 0 aliphatic heterocycles. The minimum Gasteiger partial charge on any atom is -0.488 e. The van der Waals surface area contributed by atoms with Gasteiger partial charge in [0.1, 0.15) is 12.4 Å². The maximum atomic E-state index is 6.17. The summed E-state index contributed by atoms with van der Waals surface area (Å²) in [6.45, 7) is 7.54. The summed E-state index contributed by atoms with van der Waals surface area (Å²) < 4.78 is 6.17. The molecule has 1 unspecified atom stereocenters. The lowest BCUT2D eigenvalue weighted by Gasteiger charge is -2.17. The van der Waals surface area contributed by atoms with Crippen molar-refractivity contribution < 1.29 is 4.74 Å². The molecule has 1 nitrogen and oxygen atoms in total. The first-order chi connectivity index (χ1) is 12.6. The SMILES string of the molecule is Cc1cccc(CP(C)C)c1Pc1ccccc1OCc1ccccc1. The number of benzene rings is 3. The predicted molar refractivity (Wildman–Crippen MR) is 118 cm³/mol. The van der Waals surface area contributed by atoms with Crippen LogP contribution in [0.25, 0.3) is 0 Å². The standard InChI is InChI=1S/C23H26OP2/c1-18-10-9-13-20(17-26(2)3)23(18)25-22-15-8-7-14-21(22)24-16-19-11-5-4-6-12-19/h4-15,25H,16-17H2,1-3H3. The molecule has 0 aliphatic rings. The van der Waals surface area contributed by atoms with Crippen LogP contribution >= 0.6 is 16.5 Å². The average molecular weight is 380 g/mol. The molecule has 0 saturated carbocycles. The molecular weight excluding hydrogens is 354 g/mol. The van der Waals surface area contributed by atoms with Gasteiger partial charge >= 0.3 is 0 Å². The molecule has 0 saturated heterocycles. The van der Waals surface area contributed by atoms with Crippen LogP contribution in [0.5, 0.6) is 5.75 Å². The zero-order valence-corrected chi connectivity index (χ0v) is 17.6. The van der Waals surface area contributed by atoms with Gasteiger partial charge in [0.05, 0.1) is 0 Å². The Bertz CT molecular complexity index is 844. The van der Waals surface area contributed by atoms with E-state index in [1.54, 1.807) is 0 Å². The van der Waals surface area contributed by atoms with E-state index in [9.17, 15) is 0 Å². The van der Waals surface area contributed by atoms with Crippen molar-refractivity contribution in [2.24, 2.45) is 0 Å². The summed E-state index contributed by atoms with van der Waals surface area (Å²) in [5, 5.41) is 2.77. The molecule has 3 rings (SSSR count). The van der Waals surface area contributed by atoms with Crippen molar-refractivity contribution in [3.63, 3.8) is 0 Å². The van der Waals surface area contributed by atoms with Gasteiger partial charge in [-0.1, -0.05) is 75.3 Å². The molecule has 0 amide bonds. The van der Waals surface area contributed by atoms with Crippen LogP contribution in [0.4, 0.5) is 0 Å². The van der Waals surface area contributed by atoms with Crippen molar-refractivity contribution in [3.05, 3.63) is 89.5 Å². The molecule has 0 heterocycles. The monoisotopic (exact) mass is 380 g/mol. The van der Waals surface area contributed by atoms with Crippen molar-refractivity contribution in [2.45, 2.75) is 19.7 Å². The molecule has 1 atom stereocenters. The second-order valence-electron chi connectivity index (χ2n) is 6.74. The zero-order chi connectivity index (χ0) is 18.4. The first-order valence-corrected chi connectivity index (χ1v) is 12.3. The number of aryl methyl sites for hydroxylation is 1. The molecule has 0 aromatic heterocycles. The van der Waals surface area contributed by atoms with E-state index in [1.807, 2.05) is 6.07 Å². The third-order valence-electron chi connectivity index (χ3n) is 4.23. The van der Waals surface area contributed by atoms with Crippen molar-refractivity contribution in [1.82, 2.24) is 0 Å². The van der Waals surface area contributed by atoms with Crippen molar-refractivity contribution in [3.8, 4) is 5.75 Å². The third-order valence-corrected chi connectivity index (χ3v) is 6.85. The Balaban J connectivity index is 1.83. The number of hydrogen-bond acceptors (Lipinski definition) is 1. The van der Waals surface area contributed by atoms with Crippen LogP contribution in [0.15, 0.2) is 72.8 Å². The van der Waals surface area contributed by atoms with E-state index < -0.39 is 0 Å². The zero-order valence-electron chi connectivity index (χ0n) is 15.7. The van der Waals surface area contributed by atoms with Gasteiger partial charge in [-0.05, 0) is 54.5 Å². The Kier molecular flexibility index (Phi) is 6.84. The van der Waals surface area contributed by atoms with Crippen LogP contribution < -0.4 is 15.3 Å². The molecule has 0 fully saturated rings. The quantitative estimate of drug-likeness (QED) is 0.496. The van der Waals surface area contributed by atoms with Gasteiger partial charge in [-0.3, -0.25) is 0 Å². The van der Waals surface area contributed by atoms with Crippen molar-refractivity contribution in [2.75, 3.05) is 13.3 Å². The van der Waals surface area contributed by atoms with Crippen LogP contribution in [0, 0.1) is 6.92 Å². The van der Waals surface area contributed by atoms with Gasteiger partial charge in [-0.15, -0.1) is 7.92 Å². The molecule has 3 heteroatoms. The summed E-state index contributed by atoms with van der Waals surface area (Å²) in [5.74, 6) is 0.999. The van der Waals surface area contributed by atoms with Crippen LogP contribution in [-0.2, 0) is 12.8 Å². The van der Waals surface area contributed by atoms with E-state index in [1.165, 1.54) is 33.5 Å². The lowest BCUT2D eigenvalue weighted by atomic mass is 10.1. The van der Waals surface area contributed by atoms with Crippen molar-refractivity contribution in [1.29, 1.82) is 0 Å². The molecule has 134 valence electrons. The van der Waals surface area contributed by atoms with Gasteiger partial charge in [-0.25, -0.2) is 0 Å². The van der Waals surface area contributed by atoms with Gasteiger partial charge in [-0.2, -0.15) is 0 Å². The molecule has 3 aromatic carbocycles. The van der Waals surface area contributed by atoms with Crippen LogP contribution in [0.3, 0.4) is 0 Å². The Morgan fingerprint density at radius 2 is 1.58 bits per heavy atom. The van der Waals surface area contributed by atoms with E-state index in [4.69, 9.17) is 4.74 Å². The number of ether oxygens (including phenoxy) is 1. The molecule has 3 aromatic rings. The average Bonchev–Trinajstić information content (AvgIpc) is 2.64. The Morgan fingerprint density at radius 1 is 0.846 bits per heavy atom. The van der Waals surface area contributed by atoms with E-state index in [0.717, 1.165) is 5.75 Å². The van der Waals surface area contributed by atoms with Gasteiger partial charge in [0.2, 0.25) is 0 Å². The number of hydrogen-bond donors (Lipinski definition) is 0. The molecule has 26 heavy (non-hydrogen) atoms. The molecular formula is C23H26OP2.